The predicted octanol–water partition coefficient (Wildman–Crippen LogP) is 7.04. The van der Waals surface area contributed by atoms with Gasteiger partial charge in [0.15, 0.2) is 5.58 Å². The van der Waals surface area contributed by atoms with Crippen LogP contribution in [-0.2, 0) is 12.7 Å². The van der Waals surface area contributed by atoms with Crippen LogP contribution < -0.4 is 24.5 Å². The Labute approximate surface area is 254 Å². The number of halogens is 3. The van der Waals surface area contributed by atoms with Gasteiger partial charge < -0.3 is 23.5 Å². The predicted molar refractivity (Wildman–Crippen MR) is 161 cm³/mol. The molecule has 44 heavy (non-hydrogen) atoms. The maximum Gasteiger partial charge on any atom is 0.453 e. The average Bonchev–Trinajstić information content (AvgIpc) is 2.97. The highest BCUT2D eigenvalue weighted by Gasteiger charge is 2.41. The number of hydrogen-bond acceptors (Lipinski definition) is 6. The SMILES string of the molecule is CCC[NH+](CCC)Cc1c(OC(=O)c2ccc(OCC)cc2)ccc2c(=O)c(Oc3ccc(C)c(C)c3)c(C(F)(F)F)oc12. The molecule has 0 unspecified atom stereocenters. The third-order valence-electron chi connectivity index (χ3n) is 7.27. The molecule has 0 bridgehead atoms. The Bertz CT molecular complexity index is 1670. The Morgan fingerprint density at radius 1 is 0.886 bits per heavy atom. The number of nitrogens with one attached hydrogen (secondary N) is 1. The third kappa shape index (κ3) is 7.42. The van der Waals surface area contributed by atoms with Gasteiger partial charge in [-0.1, -0.05) is 19.9 Å². The monoisotopic (exact) mass is 612 g/mol. The lowest BCUT2D eigenvalue weighted by molar-refractivity contribution is -0.913. The normalized spacial score (nSPS) is 11.7. The summed E-state index contributed by atoms with van der Waals surface area (Å²) in [6.07, 6.45) is -3.42. The van der Waals surface area contributed by atoms with E-state index in [1.54, 1.807) is 31.2 Å². The number of hydrogen-bond donors (Lipinski definition) is 1. The van der Waals surface area contributed by atoms with E-state index in [2.05, 4.69) is 0 Å². The summed E-state index contributed by atoms with van der Waals surface area (Å²) in [6.45, 7) is 11.5. The fraction of sp³-hybridized carbons (Fsp3) is 0.353. The molecule has 0 amide bonds. The average molecular weight is 613 g/mol. The number of ether oxygens (including phenoxy) is 3. The van der Waals surface area contributed by atoms with Gasteiger partial charge in [-0.2, -0.15) is 13.2 Å². The van der Waals surface area contributed by atoms with Gasteiger partial charge >= 0.3 is 12.1 Å². The summed E-state index contributed by atoms with van der Waals surface area (Å²) in [5.41, 5.74) is 0.852. The molecule has 7 nitrogen and oxygen atoms in total. The number of carbonyl (C=O) groups excluding carboxylic acids is 1. The van der Waals surface area contributed by atoms with Crippen molar-refractivity contribution in [3.63, 3.8) is 0 Å². The molecule has 3 aromatic carbocycles. The number of benzene rings is 3. The van der Waals surface area contributed by atoms with Crippen LogP contribution in [0.4, 0.5) is 13.2 Å². The van der Waals surface area contributed by atoms with Crippen molar-refractivity contribution in [3.05, 3.63) is 92.8 Å². The minimum Gasteiger partial charge on any atom is -0.494 e. The van der Waals surface area contributed by atoms with Crippen LogP contribution in [0.2, 0.25) is 0 Å². The summed E-state index contributed by atoms with van der Waals surface area (Å²) in [5, 5.41) is -0.111. The summed E-state index contributed by atoms with van der Waals surface area (Å²) in [4.78, 5) is 27.9. The Kier molecular flexibility index (Phi) is 10.4. The molecule has 0 radical (unpaired) electrons. The topological polar surface area (TPSA) is 79.4 Å². The summed E-state index contributed by atoms with van der Waals surface area (Å²) in [5.74, 6) is -2.56. The molecule has 0 atom stereocenters. The minimum absolute atomic E-state index is 0.0141. The second-order valence-corrected chi connectivity index (χ2v) is 10.6. The van der Waals surface area contributed by atoms with Gasteiger partial charge in [0, 0.05) is 0 Å². The highest BCUT2D eigenvalue weighted by Crippen LogP contribution is 2.40. The fourth-order valence-electron chi connectivity index (χ4n) is 4.99. The van der Waals surface area contributed by atoms with Crippen molar-refractivity contribution in [3.8, 4) is 23.0 Å². The molecule has 1 heterocycles. The van der Waals surface area contributed by atoms with Crippen LogP contribution in [0.5, 0.6) is 23.0 Å². The molecule has 234 valence electrons. The van der Waals surface area contributed by atoms with E-state index < -0.39 is 29.1 Å². The Balaban J connectivity index is 1.88. The van der Waals surface area contributed by atoms with Gasteiger partial charge in [0.1, 0.15) is 23.8 Å². The van der Waals surface area contributed by atoms with Gasteiger partial charge in [0.2, 0.25) is 11.2 Å². The molecule has 0 spiro atoms. The quantitative estimate of drug-likeness (QED) is 0.137. The van der Waals surface area contributed by atoms with Gasteiger partial charge in [-0.05, 0) is 93.3 Å². The van der Waals surface area contributed by atoms with Crippen LogP contribution in [0.15, 0.2) is 63.8 Å². The Morgan fingerprint density at radius 2 is 1.55 bits per heavy atom. The molecule has 1 N–H and O–H groups in total. The molecule has 0 saturated carbocycles. The second-order valence-electron chi connectivity index (χ2n) is 10.6. The zero-order chi connectivity index (χ0) is 32.0. The summed E-state index contributed by atoms with van der Waals surface area (Å²) < 4.78 is 65.6. The largest absolute Gasteiger partial charge is 0.494 e. The first-order valence-corrected chi connectivity index (χ1v) is 14.7. The highest BCUT2D eigenvalue weighted by molar-refractivity contribution is 5.92. The van der Waals surface area contributed by atoms with Gasteiger partial charge in [0.25, 0.3) is 5.76 Å². The van der Waals surface area contributed by atoms with Gasteiger partial charge in [0.05, 0.1) is 36.2 Å². The van der Waals surface area contributed by atoms with Gasteiger partial charge in [-0.15, -0.1) is 0 Å². The molecule has 0 aliphatic rings. The highest BCUT2D eigenvalue weighted by atomic mass is 19.4. The molecule has 1 aromatic heterocycles. The number of quaternary nitrogens is 1. The molecular formula is C34H37F3NO6+. The van der Waals surface area contributed by atoms with E-state index in [9.17, 15) is 22.8 Å². The molecule has 0 fully saturated rings. The van der Waals surface area contributed by atoms with E-state index in [0.29, 0.717) is 25.4 Å². The molecule has 4 rings (SSSR count). The lowest BCUT2D eigenvalue weighted by atomic mass is 10.1. The number of fused-ring (bicyclic) bond motifs is 1. The maximum atomic E-state index is 14.4. The second kappa shape index (κ2) is 14.0. The van der Waals surface area contributed by atoms with E-state index in [0.717, 1.165) is 28.9 Å². The molecule has 0 aliphatic heterocycles. The van der Waals surface area contributed by atoms with Crippen molar-refractivity contribution in [2.45, 2.75) is 60.2 Å². The van der Waals surface area contributed by atoms with Crippen LogP contribution in [0.1, 0.15) is 66.4 Å². The van der Waals surface area contributed by atoms with E-state index in [1.165, 1.54) is 30.3 Å². The van der Waals surface area contributed by atoms with Crippen LogP contribution >= 0.6 is 0 Å². The maximum absolute atomic E-state index is 14.4. The van der Waals surface area contributed by atoms with Gasteiger partial charge in [-0.25, -0.2) is 4.79 Å². The van der Waals surface area contributed by atoms with Gasteiger partial charge in [-0.3, -0.25) is 4.79 Å². The van der Waals surface area contributed by atoms with E-state index in [-0.39, 0.29) is 40.1 Å². The van der Waals surface area contributed by atoms with Crippen molar-refractivity contribution >= 4 is 16.9 Å². The molecule has 10 heteroatoms. The van der Waals surface area contributed by atoms with Crippen molar-refractivity contribution in [1.82, 2.24) is 0 Å². The van der Waals surface area contributed by atoms with E-state index in [4.69, 9.17) is 18.6 Å². The van der Waals surface area contributed by atoms with Crippen LogP contribution in [0.3, 0.4) is 0 Å². The van der Waals surface area contributed by atoms with Crippen LogP contribution in [0, 0.1) is 13.8 Å². The van der Waals surface area contributed by atoms with Crippen LogP contribution in [-0.4, -0.2) is 25.7 Å². The first-order valence-electron chi connectivity index (χ1n) is 14.7. The summed E-state index contributed by atoms with van der Waals surface area (Å²) in [7, 11) is 0. The van der Waals surface area contributed by atoms with E-state index >= 15 is 0 Å². The Morgan fingerprint density at radius 3 is 2.14 bits per heavy atom. The first kappa shape index (κ1) is 32.6. The fourth-order valence-corrected chi connectivity index (χ4v) is 4.99. The number of rotatable bonds is 12. The van der Waals surface area contributed by atoms with Crippen molar-refractivity contribution in [2.75, 3.05) is 19.7 Å². The Hall–Kier alpha value is -4.31. The summed E-state index contributed by atoms with van der Waals surface area (Å²) in [6, 6.07) is 13.8. The molecule has 4 aromatic rings. The van der Waals surface area contributed by atoms with E-state index in [1.807, 2.05) is 27.7 Å². The number of carbonyl (C=O) groups is 1. The van der Waals surface area contributed by atoms with Crippen molar-refractivity contribution in [2.24, 2.45) is 0 Å². The zero-order valence-corrected chi connectivity index (χ0v) is 25.5. The molecular weight excluding hydrogens is 575 g/mol. The molecule has 0 aliphatic carbocycles. The lowest BCUT2D eigenvalue weighted by Crippen LogP contribution is -3.10. The summed E-state index contributed by atoms with van der Waals surface area (Å²) >= 11 is 0. The first-order chi connectivity index (χ1) is 21.0. The zero-order valence-electron chi connectivity index (χ0n) is 25.5. The number of esters is 1. The van der Waals surface area contributed by atoms with Crippen molar-refractivity contribution in [1.29, 1.82) is 0 Å². The smallest absolute Gasteiger partial charge is 0.453 e. The third-order valence-corrected chi connectivity index (χ3v) is 7.27. The standard InChI is InChI=1S/C34H36F3NO6/c1-6-17-38(18-7-2)20-27-28(43-33(40)23-10-13-24(14-11-23)41-8-3)16-15-26-29(39)31(32(34(35,36)37)44-30(26)27)42-25-12-9-21(4)22(5)19-25/h9-16,19H,6-8,17-18,20H2,1-5H3/p+1. The molecule has 0 saturated heterocycles. The lowest BCUT2D eigenvalue weighted by Gasteiger charge is -2.21. The van der Waals surface area contributed by atoms with Crippen molar-refractivity contribution < 1.29 is 41.5 Å². The number of alkyl halides is 3. The minimum atomic E-state index is -5.05. The number of aryl methyl sites for hydroxylation is 2. The van der Waals surface area contributed by atoms with Crippen LogP contribution in [0.25, 0.3) is 11.0 Å².